The van der Waals surface area contributed by atoms with Crippen LogP contribution in [0.25, 0.3) is 0 Å². The van der Waals surface area contributed by atoms with Gasteiger partial charge in [0.15, 0.2) is 0 Å². The first-order valence-electron chi connectivity index (χ1n) is 3.56. The molecule has 0 radical (unpaired) electrons. The molecule has 1 aromatic rings. The quantitative estimate of drug-likeness (QED) is 0.587. The highest BCUT2D eigenvalue weighted by Crippen LogP contribution is 2.26. The molecule has 0 aliphatic rings. The number of halogens is 4. The highest BCUT2D eigenvalue weighted by atomic mass is 79.9. The van der Waals surface area contributed by atoms with Gasteiger partial charge in [-0.3, -0.25) is 0 Å². The topological polar surface area (TPSA) is 12.9 Å². The van der Waals surface area contributed by atoms with E-state index < -0.39 is 6.43 Å². The molecular weight excluding hydrogens is 263 g/mol. The van der Waals surface area contributed by atoms with E-state index in [9.17, 15) is 8.78 Å². The Hall–Kier alpha value is -0.220. The van der Waals surface area contributed by atoms with Crippen LogP contribution in [0.1, 0.15) is 23.2 Å². The summed E-state index contributed by atoms with van der Waals surface area (Å²) in [5, 5.41) is 0.561. The minimum absolute atomic E-state index is 0.0567. The summed E-state index contributed by atoms with van der Waals surface area (Å²) in [6.07, 6.45) is -2.50. The molecule has 1 aromatic heterocycles. The summed E-state index contributed by atoms with van der Waals surface area (Å²) >= 11 is 8.77. The second-order valence-electron chi connectivity index (χ2n) is 2.57. The summed E-state index contributed by atoms with van der Waals surface area (Å²) < 4.78 is 24.8. The van der Waals surface area contributed by atoms with Crippen LogP contribution in [-0.4, -0.2) is 4.98 Å². The van der Waals surface area contributed by atoms with Gasteiger partial charge in [-0.15, -0.1) is 0 Å². The second-order valence-corrected chi connectivity index (χ2v) is 3.49. The van der Waals surface area contributed by atoms with Gasteiger partial charge in [-0.05, 0) is 18.6 Å². The van der Waals surface area contributed by atoms with Crippen LogP contribution in [0.15, 0.2) is 6.07 Å². The first kappa shape index (κ1) is 10.9. The first-order valence-corrected chi connectivity index (χ1v) is 5.06. The molecule has 0 aliphatic carbocycles. The lowest BCUT2D eigenvalue weighted by molar-refractivity contribution is 0.150. The molecule has 0 aliphatic heterocycles. The van der Waals surface area contributed by atoms with Crippen molar-refractivity contribution >= 4 is 27.5 Å². The number of hydrogen-bond donors (Lipinski definition) is 0. The van der Waals surface area contributed by atoms with Gasteiger partial charge < -0.3 is 0 Å². The largest absolute Gasteiger partial charge is 0.265 e. The Morgan fingerprint density at radius 1 is 1.62 bits per heavy atom. The molecule has 0 amide bonds. The molecule has 72 valence electrons. The Kier molecular flexibility index (Phi) is 3.62. The van der Waals surface area contributed by atoms with Gasteiger partial charge in [0, 0.05) is 10.9 Å². The molecule has 0 N–H and O–H groups in total. The Labute approximate surface area is 88.2 Å². The fraction of sp³-hybridized carbons (Fsp3) is 0.375. The fourth-order valence-corrected chi connectivity index (χ4v) is 1.55. The van der Waals surface area contributed by atoms with E-state index in [0.29, 0.717) is 11.3 Å². The van der Waals surface area contributed by atoms with Gasteiger partial charge in [-0.1, -0.05) is 27.5 Å². The number of hydrogen-bond acceptors (Lipinski definition) is 1. The van der Waals surface area contributed by atoms with Gasteiger partial charge in [-0.25, -0.2) is 13.8 Å². The summed E-state index contributed by atoms with van der Waals surface area (Å²) in [7, 11) is 0. The van der Waals surface area contributed by atoms with Crippen LogP contribution in [-0.2, 0) is 5.33 Å². The van der Waals surface area contributed by atoms with Crippen LogP contribution >= 0.6 is 27.5 Å². The van der Waals surface area contributed by atoms with Crippen LogP contribution in [0, 0.1) is 6.92 Å². The van der Waals surface area contributed by atoms with Gasteiger partial charge in [0.25, 0.3) is 6.43 Å². The highest BCUT2D eigenvalue weighted by Gasteiger charge is 2.15. The lowest BCUT2D eigenvalue weighted by atomic mass is 10.1. The van der Waals surface area contributed by atoms with Crippen molar-refractivity contribution in [2.45, 2.75) is 18.7 Å². The number of nitrogens with zero attached hydrogens (tertiary/aromatic N) is 1. The van der Waals surface area contributed by atoms with Crippen molar-refractivity contribution in [2.24, 2.45) is 0 Å². The average Bonchev–Trinajstić information content (AvgIpc) is 2.08. The van der Waals surface area contributed by atoms with E-state index in [1.807, 2.05) is 0 Å². The fourth-order valence-electron chi connectivity index (χ4n) is 0.943. The molecule has 0 saturated heterocycles. The van der Waals surface area contributed by atoms with Gasteiger partial charge in [-0.2, -0.15) is 0 Å². The second kappa shape index (κ2) is 4.33. The maximum absolute atomic E-state index is 12.4. The number of alkyl halides is 3. The lowest BCUT2D eigenvalue weighted by Gasteiger charge is -2.07. The van der Waals surface area contributed by atoms with Crippen LogP contribution < -0.4 is 0 Å². The molecule has 0 unspecified atom stereocenters. The summed E-state index contributed by atoms with van der Waals surface area (Å²) in [5.74, 6) is 0. The van der Waals surface area contributed by atoms with Crippen LogP contribution in [0.3, 0.4) is 0 Å². The number of aromatic nitrogens is 1. The van der Waals surface area contributed by atoms with Crippen LogP contribution in [0.4, 0.5) is 8.78 Å². The molecule has 1 heterocycles. The standard InChI is InChI=1S/C8H7BrClF2N/c1-4-2-5(8(11)12)6(3-9)13-7(4)10/h2,8H,3H2,1H3. The van der Waals surface area contributed by atoms with E-state index in [4.69, 9.17) is 11.6 Å². The summed E-state index contributed by atoms with van der Waals surface area (Å²) in [5.41, 5.74) is 0.811. The molecule has 1 nitrogen and oxygen atoms in total. The molecular formula is C8H7BrClF2N. The van der Waals surface area contributed by atoms with Crippen LogP contribution in [0.5, 0.6) is 0 Å². The Balaban J connectivity index is 3.25. The normalized spacial score (nSPS) is 10.9. The van der Waals surface area contributed by atoms with Crippen molar-refractivity contribution in [2.75, 3.05) is 0 Å². The molecule has 0 bridgehead atoms. The van der Waals surface area contributed by atoms with E-state index in [1.54, 1.807) is 6.92 Å². The first-order chi connectivity index (χ1) is 6.06. The van der Waals surface area contributed by atoms with E-state index >= 15 is 0 Å². The van der Waals surface area contributed by atoms with Gasteiger partial charge in [0.05, 0.1) is 5.69 Å². The van der Waals surface area contributed by atoms with Crippen molar-refractivity contribution < 1.29 is 8.78 Å². The third kappa shape index (κ3) is 2.38. The maximum Gasteiger partial charge on any atom is 0.265 e. The maximum atomic E-state index is 12.4. The van der Waals surface area contributed by atoms with E-state index in [2.05, 4.69) is 20.9 Å². The zero-order chi connectivity index (χ0) is 10.0. The highest BCUT2D eigenvalue weighted by molar-refractivity contribution is 9.08. The van der Waals surface area contributed by atoms with Gasteiger partial charge in [0.2, 0.25) is 0 Å². The molecule has 5 heteroatoms. The lowest BCUT2D eigenvalue weighted by Crippen LogP contribution is -1.98. The zero-order valence-electron chi connectivity index (χ0n) is 6.82. The number of pyridine rings is 1. The molecule has 0 saturated carbocycles. The Morgan fingerprint density at radius 3 is 2.69 bits per heavy atom. The van der Waals surface area contributed by atoms with Gasteiger partial charge >= 0.3 is 0 Å². The van der Waals surface area contributed by atoms with E-state index in [1.165, 1.54) is 6.07 Å². The van der Waals surface area contributed by atoms with Crippen LogP contribution in [0.2, 0.25) is 5.15 Å². The minimum atomic E-state index is -2.50. The third-order valence-electron chi connectivity index (χ3n) is 1.63. The predicted octanol–water partition coefficient (Wildman–Crippen LogP) is 3.88. The number of rotatable bonds is 2. The smallest absolute Gasteiger partial charge is 0.239 e. The molecule has 13 heavy (non-hydrogen) atoms. The molecule has 0 atom stereocenters. The van der Waals surface area contributed by atoms with Gasteiger partial charge in [0.1, 0.15) is 5.15 Å². The van der Waals surface area contributed by atoms with E-state index in [0.717, 1.165) is 0 Å². The molecule has 1 rings (SSSR count). The summed E-state index contributed by atoms with van der Waals surface area (Å²) in [6.45, 7) is 1.65. The van der Waals surface area contributed by atoms with Crippen molar-refractivity contribution in [1.82, 2.24) is 4.98 Å². The van der Waals surface area contributed by atoms with E-state index in [-0.39, 0.29) is 16.0 Å². The minimum Gasteiger partial charge on any atom is -0.239 e. The van der Waals surface area contributed by atoms with Crippen molar-refractivity contribution in [3.05, 3.63) is 28.0 Å². The molecule has 0 spiro atoms. The third-order valence-corrected chi connectivity index (χ3v) is 2.54. The Bertz CT molecular complexity index is 317. The molecule has 0 aromatic carbocycles. The monoisotopic (exact) mass is 269 g/mol. The number of aryl methyl sites for hydroxylation is 1. The summed E-state index contributed by atoms with van der Waals surface area (Å²) in [4.78, 5) is 3.85. The average molecular weight is 271 g/mol. The zero-order valence-corrected chi connectivity index (χ0v) is 9.16. The molecule has 0 fully saturated rings. The van der Waals surface area contributed by atoms with Crippen molar-refractivity contribution in [1.29, 1.82) is 0 Å². The Morgan fingerprint density at radius 2 is 2.23 bits per heavy atom. The SMILES string of the molecule is Cc1cc(C(F)F)c(CBr)nc1Cl. The predicted molar refractivity (Wildman–Crippen MR) is 51.6 cm³/mol. The summed E-state index contributed by atoms with van der Waals surface area (Å²) in [6, 6.07) is 1.37. The van der Waals surface area contributed by atoms with Crippen molar-refractivity contribution in [3.63, 3.8) is 0 Å². The van der Waals surface area contributed by atoms with Crippen molar-refractivity contribution in [3.8, 4) is 0 Å².